The van der Waals surface area contributed by atoms with Gasteiger partial charge in [-0.25, -0.2) is 4.79 Å². The number of aliphatic hydroxyl groups is 1. The topological polar surface area (TPSA) is 74.5 Å². The molecule has 1 saturated heterocycles. The quantitative estimate of drug-likeness (QED) is 0.620. The maximum absolute atomic E-state index is 11.4. The number of hydrogen-bond acceptors (Lipinski definition) is 3. The summed E-state index contributed by atoms with van der Waals surface area (Å²) in [6.07, 6.45) is 7.03. The number of halogens is 3. The Morgan fingerprint density at radius 1 is 1.40 bits per heavy atom. The Balaban J connectivity index is 0.00000156. The lowest BCUT2D eigenvalue weighted by atomic mass is 10.0. The van der Waals surface area contributed by atoms with Crippen LogP contribution in [0.4, 0.5) is 0 Å². The summed E-state index contributed by atoms with van der Waals surface area (Å²) in [6, 6.07) is 5.52. The van der Waals surface area contributed by atoms with Gasteiger partial charge in [0.15, 0.2) is 0 Å². The monoisotopic (exact) mass is 450 g/mol. The Morgan fingerprint density at radius 2 is 2.16 bits per heavy atom. The number of fused-ring (bicyclic) bond motifs is 1. The lowest BCUT2D eigenvalue weighted by molar-refractivity contribution is 0.0699. The molecule has 0 unspecified atom stereocenters. The number of rotatable bonds is 4. The lowest BCUT2D eigenvalue weighted by Gasteiger charge is -2.26. The molecule has 0 saturated carbocycles. The Kier molecular flexibility index (Phi) is 8.44. The molecule has 2 heterocycles. The predicted molar refractivity (Wildman–Crippen MR) is 107 cm³/mol. The number of aromatic carboxylic acids is 1. The van der Waals surface area contributed by atoms with Crippen molar-refractivity contribution in [2.45, 2.75) is 31.5 Å². The van der Waals surface area contributed by atoms with Crippen LogP contribution in [0.2, 0.25) is 0 Å². The van der Waals surface area contributed by atoms with Crippen molar-refractivity contribution < 1.29 is 15.0 Å². The van der Waals surface area contributed by atoms with Crippen LogP contribution in [0.3, 0.4) is 0 Å². The standard InChI is InChI=1S/C17H19BrN2O3.2ClH/c18-13-5-1-4-11-12(17(22)23)10-20(16(11)13)9-3-6-14-15(21)7-2-8-19-14;;/h1,3-6,10,14-15,19,21H,2,7-9H2,(H,22,23);2*1H/b6-3+;;/t14-,15+;;/m1../s1. The van der Waals surface area contributed by atoms with E-state index in [2.05, 4.69) is 21.2 Å². The Labute approximate surface area is 167 Å². The average Bonchev–Trinajstić information content (AvgIpc) is 2.90. The van der Waals surface area contributed by atoms with E-state index in [0.29, 0.717) is 12.1 Å². The highest BCUT2D eigenvalue weighted by Gasteiger charge is 2.19. The third kappa shape index (κ3) is 4.77. The Bertz CT molecular complexity index is 764. The highest BCUT2D eigenvalue weighted by Crippen LogP contribution is 2.28. The first-order valence-corrected chi connectivity index (χ1v) is 8.46. The lowest BCUT2D eigenvalue weighted by Crippen LogP contribution is -2.43. The van der Waals surface area contributed by atoms with Crippen LogP contribution in [0.25, 0.3) is 10.9 Å². The van der Waals surface area contributed by atoms with Crippen molar-refractivity contribution in [3.05, 3.63) is 46.6 Å². The average molecular weight is 452 g/mol. The second-order valence-electron chi connectivity index (χ2n) is 5.75. The van der Waals surface area contributed by atoms with E-state index in [9.17, 15) is 15.0 Å². The van der Waals surface area contributed by atoms with Gasteiger partial charge in [-0.3, -0.25) is 0 Å². The zero-order chi connectivity index (χ0) is 16.4. The number of piperidine rings is 1. The number of aromatic nitrogens is 1. The molecule has 1 aromatic heterocycles. The number of carbonyl (C=O) groups is 1. The molecule has 0 amide bonds. The van der Waals surface area contributed by atoms with Gasteiger partial charge in [0.05, 0.1) is 23.2 Å². The maximum atomic E-state index is 11.4. The molecule has 1 aliphatic rings. The van der Waals surface area contributed by atoms with Crippen molar-refractivity contribution in [2.24, 2.45) is 0 Å². The van der Waals surface area contributed by atoms with Gasteiger partial charge in [-0.1, -0.05) is 24.3 Å². The van der Waals surface area contributed by atoms with Crippen molar-refractivity contribution in [2.75, 3.05) is 6.54 Å². The van der Waals surface area contributed by atoms with Gasteiger partial charge in [-0.05, 0) is 41.4 Å². The molecule has 1 aliphatic heterocycles. The smallest absolute Gasteiger partial charge is 0.337 e. The molecule has 0 radical (unpaired) electrons. The van der Waals surface area contributed by atoms with Gasteiger partial charge in [0.25, 0.3) is 0 Å². The molecule has 1 fully saturated rings. The van der Waals surface area contributed by atoms with Gasteiger partial charge < -0.3 is 20.1 Å². The zero-order valence-electron chi connectivity index (χ0n) is 13.4. The predicted octanol–water partition coefficient (Wildman–Crippen LogP) is 3.61. The van der Waals surface area contributed by atoms with E-state index in [-0.39, 0.29) is 37.0 Å². The molecule has 3 rings (SSSR count). The van der Waals surface area contributed by atoms with Crippen molar-refractivity contribution >= 4 is 57.6 Å². The van der Waals surface area contributed by atoms with Crippen molar-refractivity contribution in [3.8, 4) is 0 Å². The number of nitrogens with zero attached hydrogens (tertiary/aromatic N) is 1. The molecule has 138 valence electrons. The fourth-order valence-corrected chi connectivity index (χ4v) is 3.64. The van der Waals surface area contributed by atoms with E-state index in [1.54, 1.807) is 6.20 Å². The number of carboxylic acid groups (broad SMARTS) is 1. The first-order valence-electron chi connectivity index (χ1n) is 7.66. The van der Waals surface area contributed by atoms with E-state index in [1.165, 1.54) is 0 Å². The Morgan fingerprint density at radius 3 is 2.84 bits per heavy atom. The summed E-state index contributed by atoms with van der Waals surface area (Å²) in [4.78, 5) is 11.4. The molecule has 2 atom stereocenters. The van der Waals surface area contributed by atoms with Crippen LogP contribution in [-0.2, 0) is 6.54 Å². The van der Waals surface area contributed by atoms with Crippen molar-refractivity contribution in [1.29, 1.82) is 0 Å². The van der Waals surface area contributed by atoms with E-state index >= 15 is 0 Å². The van der Waals surface area contributed by atoms with Crippen molar-refractivity contribution in [3.63, 3.8) is 0 Å². The molecule has 8 heteroatoms. The van der Waals surface area contributed by atoms with Crippen LogP contribution in [0.5, 0.6) is 0 Å². The van der Waals surface area contributed by atoms with Gasteiger partial charge in [0.1, 0.15) is 0 Å². The van der Waals surface area contributed by atoms with Crippen molar-refractivity contribution in [1.82, 2.24) is 9.88 Å². The van der Waals surface area contributed by atoms with Gasteiger partial charge in [0, 0.05) is 22.6 Å². The summed E-state index contributed by atoms with van der Waals surface area (Å²) in [5.41, 5.74) is 1.16. The van der Waals surface area contributed by atoms with E-state index in [1.807, 2.05) is 34.9 Å². The minimum atomic E-state index is -0.930. The van der Waals surface area contributed by atoms with E-state index < -0.39 is 5.97 Å². The molecule has 0 spiro atoms. The third-order valence-electron chi connectivity index (χ3n) is 4.20. The maximum Gasteiger partial charge on any atom is 0.337 e. The van der Waals surface area contributed by atoms with Crippen LogP contribution >= 0.6 is 40.7 Å². The minimum Gasteiger partial charge on any atom is -0.478 e. The molecule has 5 nitrogen and oxygen atoms in total. The number of aliphatic hydroxyl groups excluding tert-OH is 1. The molecular formula is C17H21BrCl2N2O3. The van der Waals surface area contributed by atoms with Gasteiger partial charge in [-0.15, -0.1) is 24.8 Å². The fourth-order valence-electron chi connectivity index (χ4n) is 3.04. The second-order valence-corrected chi connectivity index (χ2v) is 6.61. The SMILES string of the molecule is Cl.Cl.O=C(O)c1cn(C/C=C/[C@H]2NCCC[C@@H]2O)c2c(Br)cccc12. The summed E-state index contributed by atoms with van der Waals surface area (Å²) in [5, 5.41) is 23.3. The number of allylic oxidation sites excluding steroid dienone is 1. The summed E-state index contributed by atoms with van der Waals surface area (Å²) in [5.74, 6) is -0.930. The molecule has 0 bridgehead atoms. The van der Waals surface area contributed by atoms with Crippen LogP contribution in [0.1, 0.15) is 23.2 Å². The first kappa shape index (κ1) is 22.0. The van der Waals surface area contributed by atoms with E-state index in [4.69, 9.17) is 0 Å². The van der Waals surface area contributed by atoms with Gasteiger partial charge >= 0.3 is 5.97 Å². The van der Waals surface area contributed by atoms with Crippen LogP contribution in [-0.4, -0.2) is 39.4 Å². The first-order chi connectivity index (χ1) is 11.1. The number of benzene rings is 1. The molecule has 3 N–H and O–H groups in total. The molecular weight excluding hydrogens is 431 g/mol. The van der Waals surface area contributed by atoms with Gasteiger partial charge in [0.2, 0.25) is 0 Å². The number of para-hydroxylation sites is 1. The van der Waals surface area contributed by atoms with Crippen LogP contribution in [0.15, 0.2) is 41.0 Å². The highest BCUT2D eigenvalue weighted by atomic mass is 79.9. The number of carboxylic acids is 1. The fraction of sp³-hybridized carbons (Fsp3) is 0.353. The molecule has 25 heavy (non-hydrogen) atoms. The highest BCUT2D eigenvalue weighted by molar-refractivity contribution is 9.10. The normalized spacial score (nSPS) is 20.2. The second kappa shape index (κ2) is 9.59. The zero-order valence-corrected chi connectivity index (χ0v) is 16.6. The summed E-state index contributed by atoms with van der Waals surface area (Å²) < 4.78 is 2.78. The third-order valence-corrected chi connectivity index (χ3v) is 4.84. The van der Waals surface area contributed by atoms with Crippen LogP contribution in [0, 0.1) is 0 Å². The minimum absolute atomic E-state index is 0. The van der Waals surface area contributed by atoms with Crippen LogP contribution < -0.4 is 5.32 Å². The summed E-state index contributed by atoms with van der Waals surface area (Å²) >= 11 is 3.50. The summed E-state index contributed by atoms with van der Waals surface area (Å²) in [7, 11) is 0. The largest absolute Gasteiger partial charge is 0.478 e. The number of nitrogens with one attached hydrogen (secondary N) is 1. The summed E-state index contributed by atoms with van der Waals surface area (Å²) in [6.45, 7) is 1.46. The van der Waals surface area contributed by atoms with Gasteiger partial charge in [-0.2, -0.15) is 0 Å². The Hall–Kier alpha value is -1.05. The molecule has 0 aliphatic carbocycles. The number of hydrogen-bond donors (Lipinski definition) is 3. The molecule has 2 aromatic rings. The van der Waals surface area contributed by atoms with E-state index in [0.717, 1.165) is 34.8 Å². The molecule has 1 aromatic carbocycles.